The Labute approximate surface area is 297 Å². The number of unbranched alkanes of at least 4 members (excludes halogenated alkanes) is 13. The van der Waals surface area contributed by atoms with Crippen LogP contribution in [0, 0.1) is 0 Å². The fourth-order valence-corrected chi connectivity index (χ4v) is 5.79. The molecule has 0 atom stereocenters. The SMILES string of the molecule is CCCCCCCCCCCCCCCCNc1cc(C(=O)Oc2ccccc2)c(C(=O)Oc2ccccc2)c(C(=O)Oc2ccccc2)c1. The number of para-hydroxylation sites is 3. The van der Waals surface area contributed by atoms with E-state index in [9.17, 15) is 14.4 Å². The molecule has 0 amide bonds. The molecule has 0 aliphatic carbocycles. The quantitative estimate of drug-likeness (QED) is 0.0503. The topological polar surface area (TPSA) is 90.9 Å². The zero-order valence-electron chi connectivity index (χ0n) is 29.4. The van der Waals surface area contributed by atoms with E-state index in [-0.39, 0.29) is 22.4 Å². The summed E-state index contributed by atoms with van der Waals surface area (Å²) in [7, 11) is 0. The van der Waals surface area contributed by atoms with E-state index in [0.717, 1.165) is 19.3 Å². The van der Waals surface area contributed by atoms with Crippen molar-refractivity contribution < 1.29 is 28.6 Å². The lowest BCUT2D eigenvalue weighted by Crippen LogP contribution is -2.24. The fraction of sp³-hybridized carbons (Fsp3) is 0.372. The summed E-state index contributed by atoms with van der Waals surface area (Å²) in [5.74, 6) is -1.62. The lowest BCUT2D eigenvalue weighted by Gasteiger charge is -2.16. The third-order valence-corrected chi connectivity index (χ3v) is 8.50. The number of rotatable bonds is 22. The highest BCUT2D eigenvalue weighted by Crippen LogP contribution is 2.27. The smallest absolute Gasteiger partial charge is 0.345 e. The number of hydrogen-bond acceptors (Lipinski definition) is 7. The molecule has 0 aromatic heterocycles. The third-order valence-electron chi connectivity index (χ3n) is 8.50. The van der Waals surface area contributed by atoms with E-state index in [4.69, 9.17) is 14.2 Å². The van der Waals surface area contributed by atoms with Crippen LogP contribution < -0.4 is 19.5 Å². The van der Waals surface area contributed by atoms with Gasteiger partial charge in [0.15, 0.2) is 0 Å². The molecule has 264 valence electrons. The minimum atomic E-state index is -0.880. The standard InChI is InChI=1S/C43H51NO6/c1-2-3-4-5-6-7-8-9-10-11-12-13-14-24-31-44-34-32-38(41(45)48-35-25-18-15-19-26-35)40(43(47)50-37-29-22-17-23-30-37)39(33-34)42(46)49-36-27-20-16-21-28-36/h15-23,25-30,32-33,44H,2-14,24,31H2,1H3. The van der Waals surface area contributed by atoms with Crippen molar-refractivity contribution in [1.82, 2.24) is 0 Å². The number of hydrogen-bond donors (Lipinski definition) is 1. The Kier molecular flexibility index (Phi) is 16.6. The van der Waals surface area contributed by atoms with Gasteiger partial charge in [0.05, 0.1) is 16.7 Å². The molecule has 0 saturated carbocycles. The molecule has 4 rings (SSSR count). The first-order chi connectivity index (χ1) is 24.5. The summed E-state index contributed by atoms with van der Waals surface area (Å²) < 4.78 is 16.9. The first kappa shape index (κ1) is 37.9. The van der Waals surface area contributed by atoms with Crippen LogP contribution >= 0.6 is 0 Å². The van der Waals surface area contributed by atoms with Gasteiger partial charge in [-0.25, -0.2) is 14.4 Å². The summed E-state index contributed by atoms with van der Waals surface area (Å²) in [5, 5.41) is 3.35. The van der Waals surface area contributed by atoms with Crippen molar-refractivity contribution in [2.24, 2.45) is 0 Å². The molecule has 7 heteroatoms. The molecule has 0 saturated heterocycles. The lowest BCUT2D eigenvalue weighted by atomic mass is 9.99. The molecule has 0 heterocycles. The van der Waals surface area contributed by atoms with Crippen LogP contribution in [0.1, 0.15) is 128 Å². The first-order valence-corrected chi connectivity index (χ1v) is 18.3. The molecule has 4 aromatic rings. The Bertz CT molecular complexity index is 1520. The summed E-state index contributed by atoms with van der Waals surface area (Å²) in [5.41, 5.74) is 0.0373. The number of benzene rings is 4. The van der Waals surface area contributed by atoms with E-state index in [1.807, 2.05) is 0 Å². The Morgan fingerprint density at radius 2 is 0.800 bits per heavy atom. The van der Waals surface area contributed by atoms with Gasteiger partial charge in [0.2, 0.25) is 0 Å². The van der Waals surface area contributed by atoms with E-state index >= 15 is 0 Å². The van der Waals surface area contributed by atoms with E-state index in [0.29, 0.717) is 23.7 Å². The minimum Gasteiger partial charge on any atom is -0.423 e. The van der Waals surface area contributed by atoms with Gasteiger partial charge in [0.25, 0.3) is 0 Å². The third kappa shape index (κ3) is 13.2. The van der Waals surface area contributed by atoms with Crippen LogP contribution in [0.2, 0.25) is 0 Å². The van der Waals surface area contributed by atoms with Crippen molar-refractivity contribution in [3.05, 3.63) is 120 Å². The molecule has 0 fully saturated rings. The second-order valence-electron chi connectivity index (χ2n) is 12.6. The molecule has 0 spiro atoms. The van der Waals surface area contributed by atoms with Gasteiger partial charge in [-0.1, -0.05) is 145 Å². The van der Waals surface area contributed by atoms with E-state index in [1.165, 1.54) is 82.8 Å². The number of ether oxygens (including phenoxy) is 3. The molecular weight excluding hydrogens is 626 g/mol. The van der Waals surface area contributed by atoms with E-state index in [1.54, 1.807) is 91.0 Å². The number of carbonyl (C=O) groups excluding carboxylic acids is 3. The highest BCUT2D eigenvalue weighted by Gasteiger charge is 2.30. The minimum absolute atomic E-state index is 0.110. The predicted molar refractivity (Wildman–Crippen MR) is 199 cm³/mol. The van der Waals surface area contributed by atoms with Crippen LogP contribution in [0.3, 0.4) is 0 Å². The van der Waals surface area contributed by atoms with E-state index < -0.39 is 17.9 Å². The van der Waals surface area contributed by atoms with Crippen molar-refractivity contribution >= 4 is 23.6 Å². The molecular formula is C43H51NO6. The lowest BCUT2D eigenvalue weighted by molar-refractivity contribution is 0.0674. The van der Waals surface area contributed by atoms with Crippen molar-refractivity contribution in [2.75, 3.05) is 11.9 Å². The summed E-state index contributed by atoms with van der Waals surface area (Å²) in [6, 6.07) is 28.7. The molecule has 4 aromatic carbocycles. The molecule has 0 radical (unpaired) electrons. The Balaban J connectivity index is 1.43. The number of anilines is 1. The average molecular weight is 678 g/mol. The van der Waals surface area contributed by atoms with E-state index in [2.05, 4.69) is 12.2 Å². The molecule has 7 nitrogen and oxygen atoms in total. The second-order valence-corrected chi connectivity index (χ2v) is 12.6. The molecule has 0 aliphatic rings. The van der Waals surface area contributed by atoms with Crippen LogP contribution in [-0.2, 0) is 0 Å². The maximum Gasteiger partial charge on any atom is 0.345 e. The number of esters is 3. The second kappa shape index (κ2) is 21.9. The van der Waals surface area contributed by atoms with Gasteiger partial charge in [0, 0.05) is 12.2 Å². The number of nitrogens with one attached hydrogen (secondary N) is 1. The maximum absolute atomic E-state index is 13.7. The maximum atomic E-state index is 13.7. The van der Waals surface area contributed by atoms with Crippen LogP contribution in [0.5, 0.6) is 17.2 Å². The van der Waals surface area contributed by atoms with Gasteiger partial charge >= 0.3 is 17.9 Å². The highest BCUT2D eigenvalue weighted by molar-refractivity contribution is 6.12. The van der Waals surface area contributed by atoms with Crippen molar-refractivity contribution in [3.8, 4) is 17.2 Å². The number of carbonyl (C=O) groups is 3. The monoisotopic (exact) mass is 677 g/mol. The van der Waals surface area contributed by atoms with Crippen molar-refractivity contribution in [1.29, 1.82) is 0 Å². The summed E-state index contributed by atoms with van der Waals surface area (Å²) >= 11 is 0. The average Bonchev–Trinajstić information content (AvgIpc) is 3.14. The van der Waals surface area contributed by atoms with Gasteiger partial charge in [-0.2, -0.15) is 0 Å². The largest absolute Gasteiger partial charge is 0.423 e. The van der Waals surface area contributed by atoms with Gasteiger partial charge in [-0.15, -0.1) is 0 Å². The van der Waals surface area contributed by atoms with Crippen LogP contribution in [0.25, 0.3) is 0 Å². The molecule has 1 N–H and O–H groups in total. The Morgan fingerprint density at radius 1 is 0.460 bits per heavy atom. The molecule has 0 aliphatic heterocycles. The van der Waals surface area contributed by atoms with Gasteiger partial charge < -0.3 is 19.5 Å². The summed E-state index contributed by atoms with van der Waals surface area (Å²) in [6.07, 6.45) is 17.8. The van der Waals surface area contributed by atoms with Crippen molar-refractivity contribution in [2.45, 2.75) is 96.8 Å². The normalized spacial score (nSPS) is 10.7. The zero-order valence-corrected chi connectivity index (χ0v) is 29.4. The molecule has 0 bridgehead atoms. The predicted octanol–water partition coefficient (Wildman–Crippen LogP) is 11.2. The summed E-state index contributed by atoms with van der Waals surface area (Å²) in [6.45, 7) is 2.89. The molecule has 0 unspecified atom stereocenters. The Hall–Kier alpha value is -4.91. The van der Waals surface area contributed by atoms with Gasteiger partial charge in [0.1, 0.15) is 17.2 Å². The molecule has 50 heavy (non-hydrogen) atoms. The van der Waals surface area contributed by atoms with Gasteiger partial charge in [-0.3, -0.25) is 0 Å². The van der Waals surface area contributed by atoms with Gasteiger partial charge in [-0.05, 0) is 55.0 Å². The highest BCUT2D eigenvalue weighted by atomic mass is 16.5. The Morgan fingerprint density at radius 3 is 1.18 bits per heavy atom. The van der Waals surface area contributed by atoms with Crippen molar-refractivity contribution in [3.63, 3.8) is 0 Å². The van der Waals surface area contributed by atoms with Crippen LogP contribution in [0.15, 0.2) is 103 Å². The first-order valence-electron chi connectivity index (χ1n) is 18.3. The van der Waals surface area contributed by atoms with Crippen LogP contribution in [-0.4, -0.2) is 24.5 Å². The zero-order chi connectivity index (χ0) is 35.2. The summed E-state index contributed by atoms with van der Waals surface area (Å²) in [4.78, 5) is 41.1. The van der Waals surface area contributed by atoms with Crippen LogP contribution in [0.4, 0.5) is 5.69 Å². The fourth-order valence-electron chi connectivity index (χ4n) is 5.79.